The maximum atomic E-state index is 13.1. The van der Waals surface area contributed by atoms with Crippen LogP contribution in [-0.4, -0.2) is 29.8 Å². The monoisotopic (exact) mass is 317 g/mol. The molecule has 0 saturated heterocycles. The van der Waals surface area contributed by atoms with Crippen LogP contribution in [0.15, 0.2) is 42.5 Å². The smallest absolute Gasteiger partial charge is 0.295 e. The number of carbonyl (C=O) groups is 1. The molecule has 6 nitrogen and oxygen atoms in total. The van der Waals surface area contributed by atoms with Gasteiger partial charge < -0.3 is 10.2 Å². The van der Waals surface area contributed by atoms with Crippen molar-refractivity contribution in [3.63, 3.8) is 0 Å². The van der Waals surface area contributed by atoms with Crippen LogP contribution in [0.3, 0.4) is 0 Å². The third-order valence-corrected chi connectivity index (χ3v) is 3.25. The third-order valence-electron chi connectivity index (χ3n) is 3.25. The van der Waals surface area contributed by atoms with Crippen LogP contribution < -0.4 is 5.32 Å². The van der Waals surface area contributed by atoms with Crippen molar-refractivity contribution in [3.05, 3.63) is 69.5 Å². The number of nitrogens with one attached hydrogen (secondary N) is 1. The second kappa shape index (κ2) is 6.87. The van der Waals surface area contributed by atoms with Gasteiger partial charge >= 0.3 is 0 Å². The minimum atomic E-state index is -0.659. The zero-order valence-corrected chi connectivity index (χ0v) is 12.7. The van der Waals surface area contributed by atoms with Gasteiger partial charge in [0.05, 0.1) is 11.0 Å². The molecule has 0 aliphatic heterocycles. The SMILES string of the molecule is CN(C)C(=O)c1ccc(CNc2ccc(F)cc2[N+](=O)[O-])cc1. The second-order valence-electron chi connectivity index (χ2n) is 5.17. The first-order valence-corrected chi connectivity index (χ1v) is 6.87. The molecule has 120 valence electrons. The lowest BCUT2D eigenvalue weighted by atomic mass is 10.1. The quantitative estimate of drug-likeness (QED) is 0.679. The number of hydrogen-bond acceptors (Lipinski definition) is 4. The highest BCUT2D eigenvalue weighted by molar-refractivity contribution is 5.93. The average molecular weight is 317 g/mol. The molecule has 0 aliphatic rings. The van der Waals surface area contributed by atoms with Crippen molar-refractivity contribution in [1.82, 2.24) is 4.90 Å². The van der Waals surface area contributed by atoms with Crippen LogP contribution >= 0.6 is 0 Å². The lowest BCUT2D eigenvalue weighted by Crippen LogP contribution is -2.21. The van der Waals surface area contributed by atoms with Crippen LogP contribution in [0.4, 0.5) is 15.8 Å². The maximum absolute atomic E-state index is 13.1. The van der Waals surface area contributed by atoms with E-state index in [0.29, 0.717) is 12.1 Å². The molecule has 2 aromatic rings. The fourth-order valence-corrected chi connectivity index (χ4v) is 2.03. The van der Waals surface area contributed by atoms with E-state index in [9.17, 15) is 19.3 Å². The summed E-state index contributed by atoms with van der Waals surface area (Å²) in [6.45, 7) is 0.322. The normalized spacial score (nSPS) is 10.2. The highest BCUT2D eigenvalue weighted by Crippen LogP contribution is 2.25. The zero-order valence-electron chi connectivity index (χ0n) is 12.7. The van der Waals surface area contributed by atoms with Crippen molar-refractivity contribution in [2.45, 2.75) is 6.54 Å². The molecule has 1 N–H and O–H groups in total. The van der Waals surface area contributed by atoms with Crippen molar-refractivity contribution >= 4 is 17.3 Å². The van der Waals surface area contributed by atoms with Gasteiger partial charge in [-0.15, -0.1) is 0 Å². The molecule has 0 aliphatic carbocycles. The summed E-state index contributed by atoms with van der Waals surface area (Å²) in [4.78, 5) is 23.6. The van der Waals surface area contributed by atoms with E-state index in [2.05, 4.69) is 5.32 Å². The third kappa shape index (κ3) is 4.03. The molecule has 0 fully saturated rings. The van der Waals surface area contributed by atoms with E-state index in [1.54, 1.807) is 38.4 Å². The highest BCUT2D eigenvalue weighted by Gasteiger charge is 2.14. The molecule has 0 saturated carbocycles. The van der Waals surface area contributed by atoms with Gasteiger partial charge in [0.1, 0.15) is 11.5 Å². The molecular weight excluding hydrogens is 301 g/mol. The standard InChI is InChI=1S/C16H16FN3O3/c1-19(2)16(21)12-5-3-11(4-6-12)10-18-14-8-7-13(17)9-15(14)20(22)23/h3-9,18H,10H2,1-2H3. The van der Waals surface area contributed by atoms with Crippen LogP contribution in [0.1, 0.15) is 15.9 Å². The van der Waals surface area contributed by atoms with Gasteiger partial charge in [-0.3, -0.25) is 14.9 Å². The predicted octanol–water partition coefficient (Wildman–Crippen LogP) is 3.05. The molecule has 0 unspecified atom stereocenters. The largest absolute Gasteiger partial charge is 0.375 e. The molecule has 0 aromatic heterocycles. The lowest BCUT2D eigenvalue weighted by Gasteiger charge is -2.11. The van der Waals surface area contributed by atoms with Gasteiger partial charge in [0.15, 0.2) is 0 Å². The summed E-state index contributed by atoms with van der Waals surface area (Å²) in [6.07, 6.45) is 0. The number of amides is 1. The zero-order chi connectivity index (χ0) is 17.0. The average Bonchev–Trinajstić information content (AvgIpc) is 2.53. The Balaban J connectivity index is 2.10. The van der Waals surface area contributed by atoms with Gasteiger partial charge in [0, 0.05) is 26.2 Å². The van der Waals surface area contributed by atoms with Gasteiger partial charge in [0.2, 0.25) is 0 Å². The van der Waals surface area contributed by atoms with E-state index < -0.39 is 10.7 Å². The van der Waals surface area contributed by atoms with Crippen LogP contribution in [-0.2, 0) is 6.54 Å². The summed E-state index contributed by atoms with van der Waals surface area (Å²) in [5, 5.41) is 13.8. The van der Waals surface area contributed by atoms with Gasteiger partial charge in [-0.1, -0.05) is 12.1 Å². The summed E-state index contributed by atoms with van der Waals surface area (Å²) in [6, 6.07) is 10.3. The molecule has 7 heteroatoms. The predicted molar refractivity (Wildman–Crippen MR) is 84.8 cm³/mol. The first-order chi connectivity index (χ1) is 10.9. The first-order valence-electron chi connectivity index (χ1n) is 6.87. The summed E-state index contributed by atoms with van der Waals surface area (Å²) < 4.78 is 13.1. The summed E-state index contributed by atoms with van der Waals surface area (Å²) in [5.74, 6) is -0.757. The molecule has 0 radical (unpaired) electrons. The Kier molecular flexibility index (Phi) is 4.90. The molecule has 1 amide bonds. The molecular formula is C16H16FN3O3. The maximum Gasteiger partial charge on any atom is 0.295 e. The van der Waals surface area contributed by atoms with Crippen LogP contribution in [0.2, 0.25) is 0 Å². The molecule has 0 heterocycles. The Morgan fingerprint density at radius 1 is 1.22 bits per heavy atom. The minimum Gasteiger partial charge on any atom is -0.375 e. The number of benzene rings is 2. The van der Waals surface area contributed by atoms with Gasteiger partial charge in [0.25, 0.3) is 11.6 Å². The van der Waals surface area contributed by atoms with E-state index in [0.717, 1.165) is 17.7 Å². The Labute approximate surface area is 132 Å². The number of hydrogen-bond donors (Lipinski definition) is 1. The molecule has 0 spiro atoms. The van der Waals surface area contributed by atoms with E-state index in [1.807, 2.05) is 0 Å². The Morgan fingerprint density at radius 3 is 2.43 bits per heavy atom. The number of anilines is 1. The van der Waals surface area contributed by atoms with Crippen molar-refractivity contribution in [2.24, 2.45) is 0 Å². The van der Waals surface area contributed by atoms with E-state index in [-0.39, 0.29) is 17.3 Å². The van der Waals surface area contributed by atoms with Gasteiger partial charge in [-0.25, -0.2) is 4.39 Å². The summed E-state index contributed by atoms with van der Waals surface area (Å²) in [7, 11) is 3.34. The van der Waals surface area contributed by atoms with Crippen LogP contribution in [0.25, 0.3) is 0 Å². The summed E-state index contributed by atoms with van der Waals surface area (Å²) in [5.41, 5.74) is 1.33. The Morgan fingerprint density at radius 2 is 1.87 bits per heavy atom. The van der Waals surface area contributed by atoms with Crippen molar-refractivity contribution in [1.29, 1.82) is 0 Å². The highest BCUT2D eigenvalue weighted by atomic mass is 19.1. The van der Waals surface area contributed by atoms with E-state index in [4.69, 9.17) is 0 Å². The van der Waals surface area contributed by atoms with Crippen LogP contribution in [0.5, 0.6) is 0 Å². The topological polar surface area (TPSA) is 75.5 Å². The Hall–Kier alpha value is -2.96. The molecule has 0 atom stereocenters. The van der Waals surface area contributed by atoms with Crippen molar-refractivity contribution < 1.29 is 14.1 Å². The molecule has 2 rings (SSSR count). The lowest BCUT2D eigenvalue weighted by molar-refractivity contribution is -0.384. The fraction of sp³-hybridized carbons (Fsp3) is 0.188. The molecule has 23 heavy (non-hydrogen) atoms. The molecule has 2 aromatic carbocycles. The number of rotatable bonds is 5. The van der Waals surface area contributed by atoms with Crippen LogP contribution in [0, 0.1) is 15.9 Å². The first kappa shape index (κ1) is 16.4. The van der Waals surface area contributed by atoms with E-state index >= 15 is 0 Å². The number of carbonyl (C=O) groups excluding carboxylic acids is 1. The van der Waals surface area contributed by atoms with Gasteiger partial charge in [-0.2, -0.15) is 0 Å². The minimum absolute atomic E-state index is 0.0984. The number of nitro benzene ring substituents is 1. The number of nitro groups is 1. The van der Waals surface area contributed by atoms with Crippen molar-refractivity contribution in [3.8, 4) is 0 Å². The van der Waals surface area contributed by atoms with Crippen molar-refractivity contribution in [2.75, 3.05) is 19.4 Å². The number of halogens is 1. The number of nitrogens with zero attached hydrogens (tertiary/aromatic N) is 2. The fourth-order valence-electron chi connectivity index (χ4n) is 2.03. The van der Waals surface area contributed by atoms with Gasteiger partial charge in [-0.05, 0) is 29.8 Å². The second-order valence-corrected chi connectivity index (χ2v) is 5.17. The van der Waals surface area contributed by atoms with E-state index in [1.165, 1.54) is 11.0 Å². The Bertz CT molecular complexity index is 730. The summed E-state index contributed by atoms with van der Waals surface area (Å²) >= 11 is 0. The molecule has 0 bridgehead atoms.